The van der Waals surface area contributed by atoms with Crippen LogP contribution in [0.3, 0.4) is 0 Å². The van der Waals surface area contributed by atoms with Gasteiger partial charge in [-0.15, -0.1) is 0 Å². The summed E-state index contributed by atoms with van der Waals surface area (Å²) in [5.74, 6) is -1.96. The van der Waals surface area contributed by atoms with Crippen molar-refractivity contribution >= 4 is 11.8 Å². The van der Waals surface area contributed by atoms with Crippen molar-refractivity contribution in [2.75, 3.05) is 32.7 Å². The Hall–Kier alpha value is -2.02. The Morgan fingerprint density at radius 1 is 1.04 bits per heavy atom. The second-order valence-corrected chi connectivity index (χ2v) is 6.78. The Bertz CT molecular complexity index is 660. The average Bonchev–Trinajstić information content (AvgIpc) is 3.11. The van der Waals surface area contributed by atoms with Crippen LogP contribution in [-0.4, -0.2) is 54.3 Å². The molecule has 7 heteroatoms. The number of nitrogens with zero attached hydrogens (tertiary/aromatic N) is 2. The summed E-state index contributed by atoms with van der Waals surface area (Å²) in [5.41, 5.74) is 5.88. The van der Waals surface area contributed by atoms with Crippen molar-refractivity contribution in [2.45, 2.75) is 19.3 Å². The summed E-state index contributed by atoms with van der Waals surface area (Å²) in [6.07, 6.45) is 2.92. The average molecular weight is 351 g/mol. The van der Waals surface area contributed by atoms with E-state index in [2.05, 4.69) is 0 Å². The van der Waals surface area contributed by atoms with Crippen LogP contribution >= 0.6 is 0 Å². The number of hydrogen-bond donors (Lipinski definition) is 1. The van der Waals surface area contributed by atoms with Crippen molar-refractivity contribution in [3.05, 3.63) is 35.4 Å². The third kappa shape index (κ3) is 3.66. The first kappa shape index (κ1) is 17.8. The fraction of sp³-hybridized carbons (Fsp3) is 0.556. The number of piperazine rings is 1. The van der Waals surface area contributed by atoms with Gasteiger partial charge in [-0.1, -0.05) is 6.42 Å². The molecule has 2 amide bonds. The number of benzene rings is 1. The van der Waals surface area contributed by atoms with Gasteiger partial charge in [-0.05, 0) is 43.5 Å². The largest absolute Gasteiger partial charge is 0.339 e. The zero-order valence-electron chi connectivity index (χ0n) is 14.1. The van der Waals surface area contributed by atoms with Gasteiger partial charge >= 0.3 is 0 Å². The molecule has 2 atom stereocenters. The molecule has 2 fully saturated rings. The number of nitrogens with two attached hydrogens (primary N) is 1. The van der Waals surface area contributed by atoms with Crippen LogP contribution in [0.4, 0.5) is 8.78 Å². The molecular formula is C18H23F2N3O2. The Kier molecular flexibility index (Phi) is 5.32. The van der Waals surface area contributed by atoms with Crippen LogP contribution in [0.15, 0.2) is 18.2 Å². The Balaban J connectivity index is 1.58. The number of halogens is 2. The van der Waals surface area contributed by atoms with Gasteiger partial charge in [0.15, 0.2) is 11.6 Å². The molecule has 2 N–H and O–H groups in total. The van der Waals surface area contributed by atoms with E-state index in [1.165, 1.54) is 6.07 Å². The molecule has 1 heterocycles. The Labute approximate surface area is 145 Å². The highest BCUT2D eigenvalue weighted by molar-refractivity contribution is 5.94. The van der Waals surface area contributed by atoms with Crippen molar-refractivity contribution in [3.63, 3.8) is 0 Å². The first-order valence-corrected chi connectivity index (χ1v) is 8.74. The predicted octanol–water partition coefficient (Wildman–Crippen LogP) is 1.62. The smallest absolute Gasteiger partial charge is 0.254 e. The zero-order valence-corrected chi connectivity index (χ0v) is 14.1. The predicted molar refractivity (Wildman–Crippen MR) is 88.7 cm³/mol. The van der Waals surface area contributed by atoms with Gasteiger partial charge in [0.05, 0.1) is 0 Å². The van der Waals surface area contributed by atoms with Crippen LogP contribution in [-0.2, 0) is 4.79 Å². The first-order valence-electron chi connectivity index (χ1n) is 8.74. The van der Waals surface area contributed by atoms with Crippen LogP contribution in [0.5, 0.6) is 0 Å². The molecular weight excluding hydrogens is 328 g/mol. The van der Waals surface area contributed by atoms with Gasteiger partial charge in [-0.25, -0.2) is 8.78 Å². The molecule has 1 aliphatic heterocycles. The molecule has 0 unspecified atom stereocenters. The molecule has 2 aliphatic rings. The van der Waals surface area contributed by atoms with Gasteiger partial charge in [0.25, 0.3) is 5.91 Å². The maximum Gasteiger partial charge on any atom is 0.254 e. The summed E-state index contributed by atoms with van der Waals surface area (Å²) in [6.45, 7) is 2.24. The van der Waals surface area contributed by atoms with E-state index in [9.17, 15) is 18.4 Å². The monoisotopic (exact) mass is 351 g/mol. The van der Waals surface area contributed by atoms with Crippen molar-refractivity contribution < 1.29 is 18.4 Å². The number of hydrogen-bond acceptors (Lipinski definition) is 3. The third-order valence-electron chi connectivity index (χ3n) is 5.32. The quantitative estimate of drug-likeness (QED) is 0.900. The molecule has 0 bridgehead atoms. The van der Waals surface area contributed by atoms with Crippen LogP contribution in [0, 0.1) is 23.5 Å². The highest BCUT2D eigenvalue weighted by Gasteiger charge is 2.36. The summed E-state index contributed by atoms with van der Waals surface area (Å²) in [6, 6.07) is 3.15. The van der Waals surface area contributed by atoms with E-state index in [1.807, 2.05) is 0 Å². The topological polar surface area (TPSA) is 66.6 Å². The maximum atomic E-state index is 13.3. The zero-order chi connectivity index (χ0) is 18.0. The number of carbonyl (C=O) groups excluding carboxylic acids is 2. The Morgan fingerprint density at radius 3 is 2.36 bits per heavy atom. The molecule has 0 spiro atoms. The molecule has 1 aromatic rings. The van der Waals surface area contributed by atoms with Crippen LogP contribution in [0.1, 0.15) is 29.6 Å². The SMILES string of the molecule is NC[C@H]1CCC[C@H]1C(=O)N1CCN(C(=O)c2ccc(F)c(F)c2)CC1. The van der Waals surface area contributed by atoms with Gasteiger partial charge in [-0.3, -0.25) is 9.59 Å². The fourth-order valence-corrected chi connectivity index (χ4v) is 3.82. The standard InChI is InChI=1S/C18H23F2N3O2/c19-15-5-4-12(10-16(15)20)17(24)22-6-8-23(9-7-22)18(25)14-3-1-2-13(14)11-21/h4-5,10,13-14H,1-3,6-9,11,21H2/t13-,14-/m1/s1. The van der Waals surface area contributed by atoms with Crippen LogP contribution in [0.2, 0.25) is 0 Å². The van der Waals surface area contributed by atoms with Gasteiger partial charge in [-0.2, -0.15) is 0 Å². The lowest BCUT2D eigenvalue weighted by Crippen LogP contribution is -2.52. The minimum atomic E-state index is -1.03. The molecule has 1 aromatic carbocycles. The van der Waals surface area contributed by atoms with Crippen molar-refractivity contribution in [1.82, 2.24) is 9.80 Å². The maximum absolute atomic E-state index is 13.3. The fourth-order valence-electron chi connectivity index (χ4n) is 3.82. The first-order chi connectivity index (χ1) is 12.0. The molecule has 25 heavy (non-hydrogen) atoms. The number of amides is 2. The van der Waals surface area contributed by atoms with Gasteiger partial charge in [0.2, 0.25) is 5.91 Å². The third-order valence-corrected chi connectivity index (χ3v) is 5.32. The second kappa shape index (κ2) is 7.47. The molecule has 0 aromatic heterocycles. The highest BCUT2D eigenvalue weighted by atomic mass is 19.2. The van der Waals surface area contributed by atoms with Crippen molar-refractivity contribution in [2.24, 2.45) is 17.6 Å². The van der Waals surface area contributed by atoms with E-state index in [1.54, 1.807) is 9.80 Å². The van der Waals surface area contributed by atoms with Crippen LogP contribution < -0.4 is 5.73 Å². The van der Waals surface area contributed by atoms with E-state index in [-0.39, 0.29) is 29.2 Å². The summed E-state index contributed by atoms with van der Waals surface area (Å²) in [7, 11) is 0. The molecule has 1 saturated carbocycles. The second-order valence-electron chi connectivity index (χ2n) is 6.78. The summed E-state index contributed by atoms with van der Waals surface area (Å²) >= 11 is 0. The molecule has 1 saturated heterocycles. The van der Waals surface area contributed by atoms with Gasteiger partial charge in [0.1, 0.15) is 0 Å². The normalized spacial score (nSPS) is 23.8. The van der Waals surface area contributed by atoms with Crippen LogP contribution in [0.25, 0.3) is 0 Å². The summed E-state index contributed by atoms with van der Waals surface area (Å²) < 4.78 is 26.3. The number of rotatable bonds is 3. The Morgan fingerprint density at radius 2 is 1.72 bits per heavy atom. The van der Waals surface area contributed by atoms with Crippen molar-refractivity contribution in [1.29, 1.82) is 0 Å². The lowest BCUT2D eigenvalue weighted by molar-refractivity contribution is -0.138. The van der Waals surface area contributed by atoms with E-state index >= 15 is 0 Å². The molecule has 0 radical (unpaired) electrons. The molecule has 1 aliphatic carbocycles. The summed E-state index contributed by atoms with van der Waals surface area (Å²) in [4.78, 5) is 28.5. The minimum absolute atomic E-state index is 0.00144. The summed E-state index contributed by atoms with van der Waals surface area (Å²) in [5, 5.41) is 0. The van der Waals surface area contributed by atoms with Gasteiger partial charge in [0, 0.05) is 37.7 Å². The van der Waals surface area contributed by atoms with Crippen molar-refractivity contribution in [3.8, 4) is 0 Å². The lowest BCUT2D eigenvalue weighted by atomic mass is 9.94. The molecule has 3 rings (SSSR count). The highest BCUT2D eigenvalue weighted by Crippen LogP contribution is 2.32. The minimum Gasteiger partial charge on any atom is -0.339 e. The molecule has 136 valence electrons. The van der Waals surface area contributed by atoms with E-state index in [0.29, 0.717) is 32.7 Å². The van der Waals surface area contributed by atoms with E-state index in [0.717, 1.165) is 31.4 Å². The van der Waals surface area contributed by atoms with E-state index < -0.39 is 11.6 Å². The van der Waals surface area contributed by atoms with E-state index in [4.69, 9.17) is 5.73 Å². The lowest BCUT2D eigenvalue weighted by Gasteiger charge is -2.36. The van der Waals surface area contributed by atoms with Gasteiger partial charge < -0.3 is 15.5 Å². The molecule has 5 nitrogen and oxygen atoms in total. The number of carbonyl (C=O) groups is 2.